The lowest BCUT2D eigenvalue weighted by atomic mass is 10.1. The Labute approximate surface area is 453 Å². The molecule has 0 saturated heterocycles. The number of nitrogens with one attached hydrogen (secondary N) is 5. The zero-order valence-corrected chi connectivity index (χ0v) is 46.0. The Morgan fingerprint density at radius 1 is 0.385 bits per heavy atom. The molecule has 31 heteroatoms. The molecule has 0 saturated carbocycles. The van der Waals surface area contributed by atoms with Gasteiger partial charge in [-0.05, 0) is 38.1 Å². The van der Waals surface area contributed by atoms with Crippen LogP contribution in [0.1, 0.15) is 49.7 Å². The molecule has 2 aromatic rings. The number of benzene rings is 2. The minimum absolute atomic E-state index is 0.00696. The fourth-order valence-corrected chi connectivity index (χ4v) is 8.75. The number of hydrogen-bond acceptors (Lipinski definition) is 24. The summed E-state index contributed by atoms with van der Waals surface area (Å²) in [5, 5.41) is 25.8. The standard InChI is InChI=1S/C25H39NO12S.C22H36N4O12S/c1-20-5-7-21(8-6-20)39(30,31)26-25(17-36-13-10-23(28)33-3,18-37-14-11-24(29)34-4)19-38-16-15-35-12-9-22(27)32-2;1-17-2-4-18(5-3-17)39(33,34)26-22(14-36-10-7-20(28)24-31,15-37-11-8-21(29)25-32)16-38-13-12-35-9-6-19(27)23-30/h5-8,26H,9-19H2,1-4H3;2-5,26,30-32H,6-16H2,1H3,(H,23,27)(H,24,28)(H,25,29). The molecule has 0 aliphatic rings. The van der Waals surface area contributed by atoms with Crippen LogP contribution in [0.4, 0.5) is 0 Å². The van der Waals surface area contributed by atoms with Crippen molar-refractivity contribution >= 4 is 55.7 Å². The summed E-state index contributed by atoms with van der Waals surface area (Å²) in [7, 11) is -4.44. The van der Waals surface area contributed by atoms with E-state index in [1.807, 2.05) is 6.92 Å². The lowest BCUT2D eigenvalue weighted by molar-refractivity contribution is -0.143. The van der Waals surface area contributed by atoms with E-state index < -0.39 is 66.8 Å². The van der Waals surface area contributed by atoms with Gasteiger partial charge in [-0.15, -0.1) is 0 Å². The molecular formula is C47H75N5O24S2. The van der Waals surface area contributed by atoms with E-state index in [2.05, 4.69) is 23.7 Å². The molecule has 0 radical (unpaired) electrons. The Morgan fingerprint density at radius 3 is 0.885 bits per heavy atom. The summed E-state index contributed by atoms with van der Waals surface area (Å²) in [6.07, 6.45) is -0.527. The van der Waals surface area contributed by atoms with Crippen molar-refractivity contribution in [2.45, 2.75) is 73.2 Å². The van der Waals surface area contributed by atoms with Crippen LogP contribution >= 0.6 is 0 Å². The number of hydroxylamine groups is 3. The number of methoxy groups -OCH3 is 3. The van der Waals surface area contributed by atoms with Gasteiger partial charge in [-0.25, -0.2) is 33.3 Å². The molecule has 0 atom stereocenters. The molecule has 0 aromatic heterocycles. The van der Waals surface area contributed by atoms with Crippen LogP contribution in [0.2, 0.25) is 0 Å². The number of ether oxygens (including phenoxy) is 11. The highest BCUT2D eigenvalue weighted by Gasteiger charge is 2.39. The molecule has 0 aliphatic carbocycles. The van der Waals surface area contributed by atoms with Crippen molar-refractivity contribution in [3.8, 4) is 0 Å². The summed E-state index contributed by atoms with van der Waals surface area (Å²) >= 11 is 0. The van der Waals surface area contributed by atoms with Crippen molar-refractivity contribution < 1.29 is 113 Å². The van der Waals surface area contributed by atoms with Gasteiger partial charge in [0.15, 0.2) is 0 Å². The van der Waals surface area contributed by atoms with Gasteiger partial charge < -0.3 is 52.1 Å². The van der Waals surface area contributed by atoms with Crippen LogP contribution in [0.5, 0.6) is 0 Å². The Bertz CT molecular complexity index is 2090. The Balaban J connectivity index is 0.000000780. The molecule has 0 heterocycles. The van der Waals surface area contributed by atoms with Crippen molar-refractivity contribution in [2.75, 3.05) is 127 Å². The number of carbonyl (C=O) groups excluding carboxylic acids is 6. The molecule has 0 aliphatic heterocycles. The number of amides is 3. The number of hydrogen-bond donors (Lipinski definition) is 8. The van der Waals surface area contributed by atoms with Crippen LogP contribution in [-0.4, -0.2) is 206 Å². The monoisotopic (exact) mass is 1160 g/mol. The summed E-state index contributed by atoms with van der Waals surface area (Å²) in [5.74, 6) is -3.44. The molecule has 0 bridgehead atoms. The Hall–Kier alpha value is -5.36. The van der Waals surface area contributed by atoms with Crippen molar-refractivity contribution in [1.82, 2.24) is 25.9 Å². The van der Waals surface area contributed by atoms with Gasteiger partial charge in [0.05, 0.1) is 175 Å². The largest absolute Gasteiger partial charge is 0.469 e. The average molecular weight is 1160 g/mol. The summed E-state index contributed by atoms with van der Waals surface area (Å²) in [5.41, 5.74) is 3.13. The summed E-state index contributed by atoms with van der Waals surface area (Å²) in [6.45, 7) is 1.94. The second-order valence-corrected chi connectivity index (χ2v) is 20.1. The normalized spacial score (nSPS) is 11.7. The minimum Gasteiger partial charge on any atom is -0.469 e. The highest BCUT2D eigenvalue weighted by molar-refractivity contribution is 7.89. The third kappa shape index (κ3) is 31.3. The van der Waals surface area contributed by atoms with E-state index in [9.17, 15) is 45.6 Å². The van der Waals surface area contributed by atoms with Crippen molar-refractivity contribution in [2.24, 2.45) is 0 Å². The summed E-state index contributed by atoms with van der Waals surface area (Å²) in [6, 6.07) is 12.3. The maximum absolute atomic E-state index is 13.3. The maximum Gasteiger partial charge on any atom is 0.307 e. The molecular weight excluding hydrogens is 1080 g/mol. The van der Waals surface area contributed by atoms with Gasteiger partial charge in [-0.3, -0.25) is 44.4 Å². The molecule has 2 rings (SSSR count). The van der Waals surface area contributed by atoms with E-state index in [1.165, 1.54) is 62.0 Å². The SMILES string of the molecule is COC(=O)CCOCCOCC(COCCC(=O)OC)(COCCC(=O)OC)NS(=O)(=O)c1ccc(C)cc1.Cc1ccc(S(=O)(=O)NC(COCCOCCC(=O)NO)(COCCC(=O)NO)COCCC(=O)NO)cc1. The fourth-order valence-electron chi connectivity index (χ4n) is 6.03. The van der Waals surface area contributed by atoms with Crippen molar-refractivity contribution in [3.05, 3.63) is 59.7 Å². The highest BCUT2D eigenvalue weighted by Crippen LogP contribution is 2.19. The molecule has 2 aromatic carbocycles. The van der Waals surface area contributed by atoms with Crippen LogP contribution in [0.25, 0.3) is 0 Å². The summed E-state index contributed by atoms with van der Waals surface area (Å²) < 4.78 is 116. The average Bonchev–Trinajstić information content (AvgIpc) is 3.43. The number of carbonyl (C=O) groups is 6. The molecule has 0 unspecified atom stereocenters. The second-order valence-electron chi connectivity index (χ2n) is 16.8. The van der Waals surface area contributed by atoms with E-state index in [0.29, 0.717) is 0 Å². The van der Waals surface area contributed by atoms with Gasteiger partial charge in [-0.2, -0.15) is 9.44 Å². The van der Waals surface area contributed by atoms with Gasteiger partial charge in [-0.1, -0.05) is 35.4 Å². The van der Waals surface area contributed by atoms with E-state index in [1.54, 1.807) is 31.2 Å². The highest BCUT2D eigenvalue weighted by atomic mass is 32.2. The maximum atomic E-state index is 13.3. The number of esters is 3. The Morgan fingerprint density at radius 2 is 0.615 bits per heavy atom. The zero-order valence-electron chi connectivity index (χ0n) is 44.4. The molecule has 78 heavy (non-hydrogen) atoms. The lowest BCUT2D eigenvalue weighted by Crippen LogP contribution is -2.58. The zero-order chi connectivity index (χ0) is 58.3. The fraction of sp³-hybridized carbons (Fsp3) is 0.617. The molecule has 444 valence electrons. The van der Waals surface area contributed by atoms with E-state index in [4.69, 9.17) is 53.5 Å². The van der Waals surface area contributed by atoms with E-state index in [-0.39, 0.29) is 154 Å². The van der Waals surface area contributed by atoms with Crippen LogP contribution in [0.3, 0.4) is 0 Å². The van der Waals surface area contributed by atoms with Gasteiger partial charge in [0.25, 0.3) is 0 Å². The minimum atomic E-state index is -4.14. The van der Waals surface area contributed by atoms with E-state index >= 15 is 0 Å². The molecule has 29 nitrogen and oxygen atoms in total. The quantitative estimate of drug-likeness (QED) is 0.0137. The van der Waals surface area contributed by atoms with Gasteiger partial charge in [0.2, 0.25) is 37.8 Å². The molecule has 0 fully saturated rings. The first-order valence-corrected chi connectivity index (χ1v) is 26.9. The third-order valence-electron chi connectivity index (χ3n) is 10.2. The number of sulfonamides is 2. The van der Waals surface area contributed by atoms with Crippen molar-refractivity contribution in [3.63, 3.8) is 0 Å². The molecule has 8 N–H and O–H groups in total. The van der Waals surface area contributed by atoms with Gasteiger partial charge in [0.1, 0.15) is 11.1 Å². The lowest BCUT2D eigenvalue weighted by Gasteiger charge is -2.34. The smallest absolute Gasteiger partial charge is 0.307 e. The summed E-state index contributed by atoms with van der Waals surface area (Å²) in [4.78, 5) is 67.8. The van der Waals surface area contributed by atoms with Crippen LogP contribution in [0, 0.1) is 13.8 Å². The first-order valence-electron chi connectivity index (χ1n) is 24.0. The second kappa shape index (κ2) is 39.9. The van der Waals surface area contributed by atoms with Gasteiger partial charge >= 0.3 is 17.9 Å². The van der Waals surface area contributed by atoms with Crippen LogP contribution < -0.4 is 25.9 Å². The topological polar surface area (TPSA) is 393 Å². The molecule has 3 amide bonds. The van der Waals surface area contributed by atoms with Gasteiger partial charge in [0, 0.05) is 0 Å². The van der Waals surface area contributed by atoms with Crippen LogP contribution in [-0.2, 0) is 101 Å². The van der Waals surface area contributed by atoms with Crippen molar-refractivity contribution in [1.29, 1.82) is 0 Å². The van der Waals surface area contributed by atoms with Crippen LogP contribution in [0.15, 0.2) is 58.3 Å². The third-order valence-corrected chi connectivity index (χ3v) is 13.4. The first-order chi connectivity index (χ1) is 37.1. The van der Waals surface area contributed by atoms with E-state index in [0.717, 1.165) is 11.1 Å². The first kappa shape index (κ1) is 70.7. The molecule has 0 spiro atoms. The predicted molar refractivity (Wildman–Crippen MR) is 269 cm³/mol. The Kier molecular flexibility index (Phi) is 36.2. The number of aryl methyl sites for hydroxylation is 2. The predicted octanol–water partition coefficient (Wildman–Crippen LogP) is -0.467. The number of rotatable bonds is 42.